The van der Waals surface area contributed by atoms with Gasteiger partial charge in [-0.2, -0.15) is 74.6 Å². The van der Waals surface area contributed by atoms with Crippen molar-refractivity contribution in [2.45, 2.75) is 61.0 Å². The second kappa shape index (κ2) is 7.81. The molecule has 0 aliphatic rings. The van der Waals surface area contributed by atoms with Gasteiger partial charge in [0.25, 0.3) is 0 Å². The minimum Gasteiger partial charge on any atom is -0.478 e. The summed E-state index contributed by atoms with van der Waals surface area (Å²) in [5.41, 5.74) is -1.31. The van der Waals surface area contributed by atoms with Crippen molar-refractivity contribution in [1.29, 1.82) is 0 Å². The summed E-state index contributed by atoms with van der Waals surface area (Å²) < 4.78 is 220. The Morgan fingerprint density at radius 2 is 0.875 bits per heavy atom. The molecule has 1 N–H and O–H groups in total. The molecule has 32 heavy (non-hydrogen) atoms. The zero-order chi connectivity index (χ0) is 26.6. The Morgan fingerprint density at radius 3 is 1.16 bits per heavy atom. The minimum absolute atomic E-state index is 0.372. The molecule has 0 heterocycles. The Hall–Kier alpha value is -1.98. The number of hydrogen-bond acceptors (Lipinski definition) is 1. The fourth-order valence-electron chi connectivity index (χ4n) is 1.69. The van der Waals surface area contributed by atoms with E-state index < -0.39 is 71.7 Å². The number of carboxylic acid groups (broad SMARTS) is 1. The van der Waals surface area contributed by atoms with Gasteiger partial charge in [-0.05, 0) is 6.92 Å². The van der Waals surface area contributed by atoms with Crippen LogP contribution in [0.1, 0.15) is 13.3 Å². The van der Waals surface area contributed by atoms with Crippen LogP contribution in [0.4, 0.5) is 74.6 Å². The molecule has 0 amide bonds. The van der Waals surface area contributed by atoms with Crippen LogP contribution in [0.2, 0.25) is 0 Å². The molecule has 0 atom stereocenters. The van der Waals surface area contributed by atoms with Gasteiger partial charge < -0.3 is 5.11 Å². The molecule has 0 aromatic heterocycles. The summed E-state index contributed by atoms with van der Waals surface area (Å²) in [5.74, 6) is -59.1. The molecule has 0 aliphatic heterocycles. The Kier molecular flexibility index (Phi) is 7.32. The third-order valence-electron chi connectivity index (χ3n) is 3.79. The largest absolute Gasteiger partial charge is 0.478 e. The van der Waals surface area contributed by atoms with Gasteiger partial charge in [-0.3, -0.25) is 0 Å². The summed E-state index contributed by atoms with van der Waals surface area (Å²) in [5, 5.41) is 8.29. The van der Waals surface area contributed by atoms with E-state index in [1.54, 1.807) is 0 Å². The van der Waals surface area contributed by atoms with Gasteiger partial charge >= 0.3 is 53.6 Å². The lowest BCUT2D eigenvalue weighted by Crippen LogP contribution is -2.74. The van der Waals surface area contributed by atoms with Crippen molar-refractivity contribution >= 4 is 5.97 Å². The second-order valence-electron chi connectivity index (χ2n) is 6.04. The fraction of sp³-hybridized carbons (Fsp3) is 0.769. The quantitative estimate of drug-likeness (QED) is 0.283. The molecule has 0 saturated heterocycles. The van der Waals surface area contributed by atoms with Crippen molar-refractivity contribution in [3.8, 4) is 0 Å². The summed E-state index contributed by atoms with van der Waals surface area (Å²) in [6.45, 7) is 0.372. The van der Waals surface area contributed by atoms with Gasteiger partial charge in [-0.25, -0.2) is 4.79 Å². The average molecular weight is 518 g/mol. The summed E-state index contributed by atoms with van der Waals surface area (Å²) in [6.07, 6.45) is -11.2. The molecule has 0 unspecified atom stereocenters. The molecule has 0 aromatic carbocycles. The zero-order valence-corrected chi connectivity index (χ0v) is 14.6. The molecular formula is C13H7F17O2. The first kappa shape index (κ1) is 30.0. The van der Waals surface area contributed by atoms with Crippen LogP contribution < -0.4 is 0 Å². The van der Waals surface area contributed by atoms with Crippen molar-refractivity contribution < 1.29 is 84.5 Å². The Balaban J connectivity index is 6.65. The van der Waals surface area contributed by atoms with E-state index in [9.17, 15) is 79.4 Å². The highest BCUT2D eigenvalue weighted by Crippen LogP contribution is 2.64. The zero-order valence-electron chi connectivity index (χ0n) is 14.6. The number of allylic oxidation sites excluding steroid dienone is 1. The highest BCUT2D eigenvalue weighted by molar-refractivity contribution is 5.85. The van der Waals surface area contributed by atoms with Crippen LogP contribution in [0.15, 0.2) is 11.6 Å². The predicted octanol–water partition coefficient (Wildman–Crippen LogP) is 6.42. The van der Waals surface area contributed by atoms with E-state index in [2.05, 4.69) is 0 Å². The highest BCUT2D eigenvalue weighted by atomic mass is 19.4. The van der Waals surface area contributed by atoms with E-state index in [1.165, 1.54) is 0 Å². The van der Waals surface area contributed by atoms with Crippen LogP contribution in [0, 0.1) is 0 Å². The molecule has 0 rings (SSSR count). The standard InChI is InChI=1S/C13H7F17O2/c1-4(5(31)32)2-3-6(14,15)7(16,17)8(18,19)9(20,21)10(22,23)11(24,25)12(26,27)13(28,29)30/h2H,3H2,1H3,(H,31,32). The maximum atomic E-state index is 13.4. The third kappa shape index (κ3) is 4.06. The summed E-state index contributed by atoms with van der Waals surface area (Å²) >= 11 is 0. The molecule has 0 spiro atoms. The van der Waals surface area contributed by atoms with Gasteiger partial charge in [0.1, 0.15) is 0 Å². The number of aliphatic carboxylic acids is 1. The first-order valence-electron chi connectivity index (χ1n) is 7.19. The third-order valence-corrected chi connectivity index (χ3v) is 3.79. The van der Waals surface area contributed by atoms with E-state index in [0.29, 0.717) is 6.92 Å². The normalized spacial score (nSPS) is 16.4. The summed E-state index contributed by atoms with van der Waals surface area (Å²) in [4.78, 5) is 10.3. The van der Waals surface area contributed by atoms with Gasteiger partial charge in [-0.15, -0.1) is 0 Å². The SMILES string of the molecule is CC(=CCC(F)(F)C(F)(F)C(F)(F)C(F)(F)C(F)(F)C(F)(F)C(F)(F)C(F)(F)F)C(=O)O. The topological polar surface area (TPSA) is 37.3 Å². The number of hydrogen-bond donors (Lipinski definition) is 1. The monoisotopic (exact) mass is 518 g/mol. The smallest absolute Gasteiger partial charge is 0.460 e. The van der Waals surface area contributed by atoms with Gasteiger partial charge in [0.05, 0.1) is 0 Å². The number of rotatable bonds is 9. The molecule has 0 aliphatic carbocycles. The van der Waals surface area contributed by atoms with Crippen LogP contribution >= 0.6 is 0 Å². The van der Waals surface area contributed by atoms with E-state index in [-0.39, 0.29) is 0 Å². The Morgan fingerprint density at radius 1 is 0.594 bits per heavy atom. The molecular weight excluding hydrogens is 511 g/mol. The molecule has 19 heteroatoms. The van der Waals surface area contributed by atoms with Crippen molar-refractivity contribution in [3.05, 3.63) is 11.6 Å². The maximum Gasteiger partial charge on any atom is 0.460 e. The Labute approximate surface area is 164 Å². The Bertz CT molecular complexity index is 746. The van der Waals surface area contributed by atoms with Crippen LogP contribution in [0.25, 0.3) is 0 Å². The average Bonchev–Trinajstić information content (AvgIpc) is 2.57. The van der Waals surface area contributed by atoms with Crippen LogP contribution in [-0.4, -0.2) is 58.7 Å². The highest BCUT2D eigenvalue weighted by Gasteiger charge is 2.95. The lowest BCUT2D eigenvalue weighted by Gasteiger charge is -2.42. The van der Waals surface area contributed by atoms with Crippen molar-refractivity contribution in [1.82, 2.24) is 0 Å². The number of halogens is 17. The number of carboxylic acids is 1. The lowest BCUT2D eigenvalue weighted by molar-refractivity contribution is -0.461. The predicted molar refractivity (Wildman–Crippen MR) is 66.7 cm³/mol. The van der Waals surface area contributed by atoms with E-state index in [0.717, 1.165) is 0 Å². The number of carbonyl (C=O) groups is 1. The van der Waals surface area contributed by atoms with Crippen molar-refractivity contribution in [3.63, 3.8) is 0 Å². The van der Waals surface area contributed by atoms with Crippen LogP contribution in [0.5, 0.6) is 0 Å². The van der Waals surface area contributed by atoms with Gasteiger partial charge in [0.15, 0.2) is 0 Å². The molecule has 190 valence electrons. The van der Waals surface area contributed by atoms with Crippen LogP contribution in [0.3, 0.4) is 0 Å². The molecule has 0 radical (unpaired) electrons. The first-order chi connectivity index (χ1) is 13.6. The lowest BCUT2D eigenvalue weighted by atomic mass is 9.88. The van der Waals surface area contributed by atoms with Gasteiger partial charge in [-0.1, -0.05) is 6.08 Å². The van der Waals surface area contributed by atoms with Gasteiger partial charge in [0, 0.05) is 12.0 Å². The number of alkyl halides is 17. The molecule has 0 fully saturated rings. The molecule has 0 bridgehead atoms. The molecule has 0 saturated carbocycles. The fourth-order valence-corrected chi connectivity index (χ4v) is 1.69. The van der Waals surface area contributed by atoms with Crippen molar-refractivity contribution in [2.75, 3.05) is 0 Å². The molecule has 0 aromatic rings. The summed E-state index contributed by atoms with van der Waals surface area (Å²) in [7, 11) is 0. The van der Waals surface area contributed by atoms with Gasteiger partial charge in [0.2, 0.25) is 0 Å². The van der Waals surface area contributed by atoms with E-state index >= 15 is 0 Å². The van der Waals surface area contributed by atoms with E-state index in [1.807, 2.05) is 0 Å². The summed E-state index contributed by atoms with van der Waals surface area (Å²) in [6, 6.07) is 0. The second-order valence-corrected chi connectivity index (χ2v) is 6.04. The minimum atomic E-state index is -8.69. The first-order valence-corrected chi connectivity index (χ1v) is 7.19. The maximum absolute atomic E-state index is 13.4. The van der Waals surface area contributed by atoms with E-state index in [4.69, 9.17) is 5.11 Å². The molecule has 2 nitrogen and oxygen atoms in total. The van der Waals surface area contributed by atoms with Crippen molar-refractivity contribution in [2.24, 2.45) is 0 Å². The van der Waals surface area contributed by atoms with Crippen LogP contribution in [-0.2, 0) is 4.79 Å².